The van der Waals surface area contributed by atoms with E-state index in [-0.39, 0.29) is 23.1 Å². The zero-order chi connectivity index (χ0) is 13.2. The van der Waals surface area contributed by atoms with E-state index in [9.17, 15) is 13.2 Å². The second kappa shape index (κ2) is 5.17. The number of hydrogen-bond acceptors (Lipinski definition) is 4. The third kappa shape index (κ3) is 3.45. The van der Waals surface area contributed by atoms with Gasteiger partial charge in [0.25, 0.3) is 0 Å². The van der Waals surface area contributed by atoms with Crippen molar-refractivity contribution in [2.24, 2.45) is 11.3 Å². The van der Waals surface area contributed by atoms with Crippen molar-refractivity contribution in [2.45, 2.75) is 39.0 Å². The highest BCUT2D eigenvalue weighted by atomic mass is 32.2. The van der Waals surface area contributed by atoms with E-state index >= 15 is 0 Å². The Kier molecular flexibility index (Phi) is 3.96. The number of carbonyl (C=O) groups excluding carboxylic acids is 1. The molecule has 2 rings (SSSR count). The summed E-state index contributed by atoms with van der Waals surface area (Å²) < 4.78 is 31.1. The third-order valence-corrected chi connectivity index (χ3v) is 5.51. The van der Waals surface area contributed by atoms with E-state index in [1.54, 1.807) is 0 Å². The Morgan fingerprint density at radius 1 is 1.44 bits per heavy atom. The third-order valence-electron chi connectivity index (χ3n) is 4.15. The number of nitrogens with one attached hydrogen (secondary N) is 1. The van der Waals surface area contributed by atoms with Crippen LogP contribution >= 0.6 is 0 Å². The molecule has 5 nitrogen and oxygen atoms in total. The summed E-state index contributed by atoms with van der Waals surface area (Å²) in [7, 11) is -3.25. The Hall–Kier alpha value is -0.620. The molecule has 6 heteroatoms. The maximum Gasteiger partial charge on any atom is 0.309 e. The molecule has 1 unspecified atom stereocenters. The van der Waals surface area contributed by atoms with E-state index < -0.39 is 10.0 Å². The summed E-state index contributed by atoms with van der Waals surface area (Å²) in [5.41, 5.74) is 0.208. The van der Waals surface area contributed by atoms with Gasteiger partial charge in [-0.05, 0) is 37.5 Å². The summed E-state index contributed by atoms with van der Waals surface area (Å²) in [6.07, 6.45) is 4.26. The molecule has 0 amide bonds. The van der Waals surface area contributed by atoms with Crippen LogP contribution in [0, 0.1) is 11.3 Å². The highest BCUT2D eigenvalue weighted by molar-refractivity contribution is 7.89. The average Bonchev–Trinajstić information content (AvgIpc) is 3.02. The van der Waals surface area contributed by atoms with Crippen molar-refractivity contribution in [2.75, 3.05) is 18.9 Å². The highest BCUT2D eigenvalue weighted by Gasteiger charge is 2.41. The molecule has 0 spiro atoms. The Morgan fingerprint density at radius 2 is 2.17 bits per heavy atom. The first-order chi connectivity index (χ1) is 8.46. The minimum Gasteiger partial charge on any atom is -0.465 e. The number of hydrogen-bond donors (Lipinski definition) is 1. The molecule has 1 saturated carbocycles. The lowest BCUT2D eigenvalue weighted by Crippen LogP contribution is -2.32. The monoisotopic (exact) mass is 275 g/mol. The van der Waals surface area contributed by atoms with Crippen molar-refractivity contribution < 1.29 is 17.9 Å². The molecule has 1 heterocycles. The lowest BCUT2D eigenvalue weighted by Gasteiger charge is -2.14. The second-order valence-corrected chi connectivity index (χ2v) is 7.36. The van der Waals surface area contributed by atoms with E-state index in [0.717, 1.165) is 19.3 Å². The zero-order valence-corrected chi connectivity index (χ0v) is 11.6. The van der Waals surface area contributed by atoms with Crippen molar-refractivity contribution >= 4 is 16.0 Å². The zero-order valence-electron chi connectivity index (χ0n) is 10.8. The summed E-state index contributed by atoms with van der Waals surface area (Å²) in [4.78, 5) is 11.2. The number of carbonyl (C=O) groups is 1. The van der Waals surface area contributed by atoms with Crippen LogP contribution in [0.3, 0.4) is 0 Å². The van der Waals surface area contributed by atoms with Gasteiger partial charge in [0.05, 0.1) is 18.3 Å². The van der Waals surface area contributed by atoms with Gasteiger partial charge < -0.3 is 4.74 Å². The van der Waals surface area contributed by atoms with Crippen LogP contribution in [-0.4, -0.2) is 33.3 Å². The van der Waals surface area contributed by atoms with Crippen LogP contribution in [0.1, 0.15) is 39.0 Å². The first kappa shape index (κ1) is 13.8. The SMILES string of the molecule is CCC1(CNS(=O)(=O)CCC2CCOC2=O)CC1. The lowest BCUT2D eigenvalue weighted by atomic mass is 10.1. The minimum atomic E-state index is -3.25. The van der Waals surface area contributed by atoms with E-state index in [2.05, 4.69) is 11.6 Å². The topological polar surface area (TPSA) is 72.5 Å². The molecule has 1 atom stereocenters. The highest BCUT2D eigenvalue weighted by Crippen LogP contribution is 2.47. The van der Waals surface area contributed by atoms with Crippen molar-refractivity contribution in [3.63, 3.8) is 0 Å². The van der Waals surface area contributed by atoms with Crippen LogP contribution in [0.15, 0.2) is 0 Å². The predicted octanol–water partition coefficient (Wildman–Crippen LogP) is 1.05. The van der Waals surface area contributed by atoms with Gasteiger partial charge in [0.2, 0.25) is 10.0 Å². The predicted molar refractivity (Wildman–Crippen MR) is 67.4 cm³/mol. The number of ether oxygens (including phenoxy) is 1. The second-order valence-electron chi connectivity index (χ2n) is 5.44. The molecule has 2 aliphatic rings. The van der Waals surface area contributed by atoms with E-state index in [1.807, 2.05) is 0 Å². The minimum absolute atomic E-state index is 0.0204. The van der Waals surface area contributed by atoms with Gasteiger partial charge in [0, 0.05) is 6.54 Å². The Morgan fingerprint density at radius 3 is 2.67 bits per heavy atom. The standard InChI is InChI=1S/C12H21NO4S/c1-2-12(5-6-12)9-13-18(15,16)8-4-10-3-7-17-11(10)14/h10,13H,2-9H2,1H3. The maximum absolute atomic E-state index is 11.8. The number of sulfonamides is 1. The molecule has 1 saturated heterocycles. The van der Waals surface area contributed by atoms with Gasteiger partial charge in [0.1, 0.15) is 0 Å². The first-order valence-corrected chi connectivity index (χ1v) is 8.26. The fraction of sp³-hybridized carbons (Fsp3) is 0.917. The maximum atomic E-state index is 11.8. The van der Waals surface area contributed by atoms with Gasteiger partial charge in [0.15, 0.2) is 0 Å². The fourth-order valence-corrected chi connectivity index (χ4v) is 3.53. The lowest BCUT2D eigenvalue weighted by molar-refractivity contribution is -0.141. The van der Waals surface area contributed by atoms with Crippen molar-refractivity contribution in [1.82, 2.24) is 4.72 Å². The van der Waals surface area contributed by atoms with Gasteiger partial charge in [-0.3, -0.25) is 4.79 Å². The molecule has 1 aliphatic carbocycles. The van der Waals surface area contributed by atoms with E-state index in [0.29, 0.717) is 26.0 Å². The molecule has 2 fully saturated rings. The average molecular weight is 275 g/mol. The molecule has 0 bridgehead atoms. The summed E-state index contributed by atoms with van der Waals surface area (Å²) in [5, 5.41) is 0. The van der Waals surface area contributed by atoms with E-state index in [1.165, 1.54) is 0 Å². The summed E-state index contributed by atoms with van der Waals surface area (Å²) in [6.45, 7) is 3.06. The largest absolute Gasteiger partial charge is 0.465 e. The van der Waals surface area contributed by atoms with Crippen LogP contribution in [0.5, 0.6) is 0 Å². The van der Waals surface area contributed by atoms with Crippen LogP contribution in [0.4, 0.5) is 0 Å². The Balaban J connectivity index is 1.75. The summed E-state index contributed by atoms with van der Waals surface area (Å²) in [6, 6.07) is 0. The smallest absolute Gasteiger partial charge is 0.309 e. The van der Waals surface area contributed by atoms with Crippen LogP contribution in [0.2, 0.25) is 0 Å². The number of cyclic esters (lactones) is 1. The Labute approximate surface area is 108 Å². The van der Waals surface area contributed by atoms with Crippen molar-refractivity contribution in [3.05, 3.63) is 0 Å². The van der Waals surface area contributed by atoms with E-state index in [4.69, 9.17) is 4.74 Å². The number of esters is 1. The van der Waals surface area contributed by atoms with Crippen molar-refractivity contribution in [3.8, 4) is 0 Å². The molecule has 0 aromatic heterocycles. The van der Waals surface area contributed by atoms with Crippen LogP contribution in [-0.2, 0) is 19.6 Å². The summed E-state index contributed by atoms with van der Waals surface area (Å²) >= 11 is 0. The fourth-order valence-electron chi connectivity index (χ4n) is 2.26. The van der Waals surface area contributed by atoms with Gasteiger partial charge in [-0.2, -0.15) is 0 Å². The Bertz CT molecular complexity index is 414. The molecule has 0 aromatic rings. The summed E-state index contributed by atoms with van der Waals surface area (Å²) in [5.74, 6) is -0.466. The van der Waals surface area contributed by atoms with Gasteiger partial charge in [-0.25, -0.2) is 13.1 Å². The molecule has 1 N–H and O–H groups in total. The molecule has 0 aromatic carbocycles. The van der Waals surface area contributed by atoms with Crippen LogP contribution < -0.4 is 4.72 Å². The van der Waals surface area contributed by atoms with Gasteiger partial charge >= 0.3 is 5.97 Å². The molecule has 0 radical (unpaired) electrons. The van der Waals surface area contributed by atoms with Crippen molar-refractivity contribution in [1.29, 1.82) is 0 Å². The molecular weight excluding hydrogens is 254 g/mol. The van der Waals surface area contributed by atoms with Crippen LogP contribution in [0.25, 0.3) is 0 Å². The number of rotatable bonds is 7. The molecule has 18 heavy (non-hydrogen) atoms. The van der Waals surface area contributed by atoms with Gasteiger partial charge in [-0.1, -0.05) is 6.92 Å². The quantitative estimate of drug-likeness (QED) is 0.705. The molecular formula is C12H21NO4S. The molecule has 1 aliphatic heterocycles. The first-order valence-electron chi connectivity index (χ1n) is 6.60. The normalized spacial score (nSPS) is 26.1. The molecule has 104 valence electrons. The van der Waals surface area contributed by atoms with Gasteiger partial charge in [-0.15, -0.1) is 0 Å².